The normalized spacial score (nSPS) is 27.6. The maximum absolute atomic E-state index is 15.0. The molecule has 2 aliphatic carbocycles. The molecule has 2 fully saturated rings. The lowest BCUT2D eigenvalue weighted by molar-refractivity contribution is 0.0656. The molecule has 0 spiro atoms. The van der Waals surface area contributed by atoms with Gasteiger partial charge in [0.25, 0.3) is 0 Å². The van der Waals surface area contributed by atoms with E-state index in [1.807, 2.05) is 36.3 Å². The summed E-state index contributed by atoms with van der Waals surface area (Å²) in [5, 5.41) is 10.0. The van der Waals surface area contributed by atoms with Gasteiger partial charge in [0.15, 0.2) is 5.82 Å². The summed E-state index contributed by atoms with van der Waals surface area (Å²) in [5.41, 5.74) is 0.852. The first-order valence-electron chi connectivity index (χ1n) is 9.73. The predicted octanol–water partition coefficient (Wildman–Crippen LogP) is 5.11. The fraction of sp³-hybridized carbons (Fsp3) is 0.476. The zero-order valence-electron chi connectivity index (χ0n) is 15.4. The van der Waals surface area contributed by atoms with Gasteiger partial charge in [0.2, 0.25) is 0 Å². The SMILES string of the molecule is CN(c1ccc(-c2cc3ccncc3s2)nn1)[C@@H]1C[C@H]2CCC[C@H](C2)[C@@H]1F. The van der Waals surface area contributed by atoms with E-state index in [1.54, 1.807) is 17.5 Å². The number of hydrogen-bond acceptors (Lipinski definition) is 5. The third kappa shape index (κ3) is 3.10. The second-order valence-corrected chi connectivity index (χ2v) is 9.04. The molecule has 2 bridgehead atoms. The third-order valence-corrected chi connectivity index (χ3v) is 7.41. The van der Waals surface area contributed by atoms with Crippen LogP contribution in [0.1, 0.15) is 32.1 Å². The van der Waals surface area contributed by atoms with Gasteiger partial charge < -0.3 is 4.90 Å². The molecule has 0 unspecified atom stereocenters. The third-order valence-electron chi connectivity index (χ3n) is 6.30. The smallest absolute Gasteiger partial charge is 0.151 e. The zero-order valence-corrected chi connectivity index (χ0v) is 16.2. The predicted molar refractivity (Wildman–Crippen MR) is 108 cm³/mol. The van der Waals surface area contributed by atoms with Crippen LogP contribution < -0.4 is 4.90 Å². The van der Waals surface area contributed by atoms with Crippen molar-refractivity contribution in [1.82, 2.24) is 15.2 Å². The molecule has 0 saturated heterocycles. The number of alkyl halides is 1. The number of hydrogen-bond donors (Lipinski definition) is 0. The fourth-order valence-electron chi connectivity index (χ4n) is 4.82. The van der Waals surface area contributed by atoms with Crippen LogP contribution in [-0.2, 0) is 0 Å². The van der Waals surface area contributed by atoms with Crippen LogP contribution in [0.2, 0.25) is 0 Å². The zero-order chi connectivity index (χ0) is 18.4. The van der Waals surface area contributed by atoms with Crippen molar-refractivity contribution < 1.29 is 4.39 Å². The topological polar surface area (TPSA) is 41.9 Å². The van der Waals surface area contributed by atoms with Gasteiger partial charge in [-0.2, -0.15) is 0 Å². The second-order valence-electron chi connectivity index (χ2n) is 7.95. The van der Waals surface area contributed by atoms with E-state index in [-0.39, 0.29) is 12.0 Å². The number of fused-ring (bicyclic) bond motifs is 3. The van der Waals surface area contributed by atoms with E-state index in [0.29, 0.717) is 5.92 Å². The molecule has 0 radical (unpaired) electrons. The Balaban J connectivity index is 1.38. The van der Waals surface area contributed by atoms with Crippen LogP contribution in [-0.4, -0.2) is 34.4 Å². The Morgan fingerprint density at radius 3 is 2.89 bits per heavy atom. The number of thiophene rings is 1. The first kappa shape index (κ1) is 17.0. The molecule has 0 aliphatic heterocycles. The van der Waals surface area contributed by atoms with Crippen molar-refractivity contribution in [3.8, 4) is 10.6 Å². The lowest BCUT2D eigenvalue weighted by atomic mass is 9.69. The second kappa shape index (κ2) is 6.82. The summed E-state index contributed by atoms with van der Waals surface area (Å²) in [5.74, 6) is 1.65. The molecule has 4 atom stereocenters. The minimum Gasteiger partial charge on any atom is -0.352 e. The number of aromatic nitrogens is 3. The molecule has 2 aliphatic rings. The summed E-state index contributed by atoms with van der Waals surface area (Å²) in [7, 11) is 1.97. The molecule has 27 heavy (non-hydrogen) atoms. The lowest BCUT2D eigenvalue weighted by Crippen LogP contribution is -2.49. The van der Waals surface area contributed by atoms with Gasteiger partial charge in [-0.05, 0) is 60.7 Å². The molecule has 4 nitrogen and oxygen atoms in total. The number of nitrogens with zero attached hydrogens (tertiary/aromatic N) is 4. The summed E-state index contributed by atoms with van der Waals surface area (Å²) >= 11 is 1.67. The van der Waals surface area contributed by atoms with Crippen molar-refractivity contribution in [3.05, 3.63) is 36.7 Å². The van der Waals surface area contributed by atoms with Crippen molar-refractivity contribution >= 4 is 27.2 Å². The van der Waals surface area contributed by atoms with Crippen LogP contribution in [0.25, 0.3) is 20.7 Å². The van der Waals surface area contributed by atoms with Crippen molar-refractivity contribution in [2.24, 2.45) is 11.8 Å². The Morgan fingerprint density at radius 2 is 2.07 bits per heavy atom. The average molecular weight is 383 g/mol. The van der Waals surface area contributed by atoms with E-state index in [4.69, 9.17) is 0 Å². The fourth-order valence-corrected chi connectivity index (χ4v) is 5.81. The maximum atomic E-state index is 15.0. The highest BCUT2D eigenvalue weighted by Crippen LogP contribution is 2.43. The molecular formula is C21H23FN4S. The van der Waals surface area contributed by atoms with E-state index >= 15 is 4.39 Å². The minimum absolute atomic E-state index is 0.0791. The summed E-state index contributed by atoms with van der Waals surface area (Å²) in [4.78, 5) is 7.27. The van der Waals surface area contributed by atoms with Crippen LogP contribution in [0.3, 0.4) is 0 Å². The Morgan fingerprint density at radius 1 is 1.15 bits per heavy atom. The summed E-state index contributed by atoms with van der Waals surface area (Å²) < 4.78 is 16.2. The Hall–Kier alpha value is -2.08. The van der Waals surface area contributed by atoms with E-state index in [9.17, 15) is 0 Å². The highest BCUT2D eigenvalue weighted by atomic mass is 32.1. The van der Waals surface area contributed by atoms with Gasteiger partial charge in [-0.3, -0.25) is 4.98 Å². The molecule has 140 valence electrons. The van der Waals surface area contributed by atoms with Crippen molar-refractivity contribution in [2.45, 2.75) is 44.3 Å². The van der Waals surface area contributed by atoms with Crippen molar-refractivity contribution in [1.29, 1.82) is 0 Å². The summed E-state index contributed by atoms with van der Waals surface area (Å²) in [6.07, 6.45) is 8.38. The average Bonchev–Trinajstić information content (AvgIpc) is 3.15. The van der Waals surface area contributed by atoms with Gasteiger partial charge in [0, 0.05) is 19.4 Å². The van der Waals surface area contributed by atoms with Crippen molar-refractivity contribution in [3.63, 3.8) is 0 Å². The molecule has 3 aromatic heterocycles. The van der Waals surface area contributed by atoms with Gasteiger partial charge >= 0.3 is 0 Å². The van der Waals surface area contributed by atoms with Crippen LogP contribution in [0.15, 0.2) is 36.7 Å². The molecular weight excluding hydrogens is 359 g/mol. The molecule has 6 heteroatoms. The maximum Gasteiger partial charge on any atom is 0.151 e. The minimum atomic E-state index is -0.761. The van der Waals surface area contributed by atoms with Gasteiger partial charge in [0.1, 0.15) is 11.9 Å². The monoisotopic (exact) mass is 382 g/mol. The number of halogens is 1. The van der Waals surface area contributed by atoms with Gasteiger partial charge in [-0.15, -0.1) is 21.5 Å². The van der Waals surface area contributed by atoms with Crippen molar-refractivity contribution in [2.75, 3.05) is 11.9 Å². The number of pyridine rings is 1. The largest absolute Gasteiger partial charge is 0.352 e. The van der Waals surface area contributed by atoms with Gasteiger partial charge in [0.05, 0.1) is 15.6 Å². The summed E-state index contributed by atoms with van der Waals surface area (Å²) in [6, 6.07) is 8.02. The van der Waals surface area contributed by atoms with E-state index in [0.717, 1.165) is 40.4 Å². The van der Waals surface area contributed by atoms with Crippen LogP contribution in [0.4, 0.5) is 10.2 Å². The van der Waals surface area contributed by atoms with Crippen LogP contribution in [0.5, 0.6) is 0 Å². The molecule has 0 N–H and O–H groups in total. The molecule has 3 heterocycles. The molecule has 2 saturated carbocycles. The standard InChI is InChI=1S/C21H23FN4S/c1-26(17-10-13-3-2-4-15(9-13)21(17)22)20-6-5-16(24-25-20)18-11-14-7-8-23-12-19(14)27-18/h5-8,11-13,15,17,21H,2-4,9-10H2,1H3/t13-,15+,17+,21-/m0/s1. The number of rotatable bonds is 3. The molecule has 3 aromatic rings. The van der Waals surface area contributed by atoms with Crippen LogP contribution in [0, 0.1) is 11.8 Å². The van der Waals surface area contributed by atoms with E-state index in [2.05, 4.69) is 21.2 Å². The van der Waals surface area contributed by atoms with E-state index < -0.39 is 6.17 Å². The molecule has 5 rings (SSSR count). The van der Waals surface area contributed by atoms with Gasteiger partial charge in [-0.1, -0.05) is 12.8 Å². The quantitative estimate of drug-likeness (QED) is 0.631. The Bertz CT molecular complexity index is 908. The highest BCUT2D eigenvalue weighted by molar-refractivity contribution is 7.22. The number of anilines is 1. The van der Waals surface area contributed by atoms with Gasteiger partial charge in [-0.25, -0.2) is 4.39 Å². The lowest BCUT2D eigenvalue weighted by Gasteiger charge is -2.45. The molecule has 0 aromatic carbocycles. The Labute approximate surface area is 162 Å². The highest BCUT2D eigenvalue weighted by Gasteiger charge is 2.42. The molecule has 0 amide bonds. The first-order valence-corrected chi connectivity index (χ1v) is 10.6. The first-order chi connectivity index (χ1) is 13.2. The Kier molecular flexibility index (Phi) is 4.31. The van der Waals surface area contributed by atoms with Crippen LogP contribution >= 0.6 is 11.3 Å². The van der Waals surface area contributed by atoms with E-state index in [1.165, 1.54) is 18.2 Å². The summed E-state index contributed by atoms with van der Waals surface area (Å²) in [6.45, 7) is 0.